The van der Waals surface area contributed by atoms with Crippen LogP contribution in [0.4, 0.5) is 5.69 Å². The van der Waals surface area contributed by atoms with Gasteiger partial charge in [0.05, 0.1) is 0 Å². The summed E-state index contributed by atoms with van der Waals surface area (Å²) < 4.78 is 0. The van der Waals surface area contributed by atoms with E-state index in [0.717, 1.165) is 11.1 Å². The highest BCUT2D eigenvalue weighted by atomic mass is 35.5. The second-order valence-corrected chi connectivity index (χ2v) is 4.62. The molecule has 0 unspecified atom stereocenters. The van der Waals surface area contributed by atoms with Gasteiger partial charge in [-0.05, 0) is 29.3 Å². The van der Waals surface area contributed by atoms with Gasteiger partial charge in [0.25, 0.3) is 0 Å². The topological polar surface area (TPSA) is 16.1 Å². The number of hydrogen-bond acceptors (Lipinski definition) is 2. The quantitative estimate of drug-likeness (QED) is 0.775. The number of pyridine rings is 1. The van der Waals surface area contributed by atoms with Gasteiger partial charge in [0.1, 0.15) is 5.15 Å². The van der Waals surface area contributed by atoms with E-state index in [9.17, 15) is 0 Å². The molecule has 0 aliphatic heterocycles. The molecule has 0 bridgehead atoms. The highest BCUT2D eigenvalue weighted by Gasteiger charge is 1.94. The summed E-state index contributed by atoms with van der Waals surface area (Å²) in [7, 11) is 4.06. The minimum atomic E-state index is 0.516. The standard InChI is InChI=1S/C15H15ClN2/c1-18(2)14-8-5-12(6-9-14)3-4-13-7-10-15(16)17-11-13/h3-11H,1-2H3/b4-3+. The molecule has 0 spiro atoms. The van der Waals surface area contributed by atoms with E-state index < -0.39 is 0 Å². The van der Waals surface area contributed by atoms with Gasteiger partial charge in [-0.1, -0.05) is 42.0 Å². The maximum Gasteiger partial charge on any atom is 0.129 e. The smallest absolute Gasteiger partial charge is 0.129 e. The summed E-state index contributed by atoms with van der Waals surface area (Å²) >= 11 is 5.74. The zero-order chi connectivity index (χ0) is 13.0. The van der Waals surface area contributed by atoms with Crippen LogP contribution in [0.2, 0.25) is 5.15 Å². The van der Waals surface area contributed by atoms with Gasteiger partial charge in [-0.2, -0.15) is 0 Å². The second kappa shape index (κ2) is 5.69. The number of rotatable bonds is 3. The molecule has 1 aromatic heterocycles. The van der Waals surface area contributed by atoms with Gasteiger partial charge in [0, 0.05) is 26.0 Å². The van der Waals surface area contributed by atoms with Crippen LogP contribution in [-0.4, -0.2) is 19.1 Å². The molecule has 0 amide bonds. The zero-order valence-corrected chi connectivity index (χ0v) is 11.2. The summed E-state index contributed by atoms with van der Waals surface area (Å²) in [6.07, 6.45) is 5.84. The molecule has 0 radical (unpaired) electrons. The Hall–Kier alpha value is -1.80. The van der Waals surface area contributed by atoms with Crippen molar-refractivity contribution < 1.29 is 0 Å². The molecule has 0 fully saturated rings. The molecule has 0 N–H and O–H groups in total. The van der Waals surface area contributed by atoms with Crippen LogP contribution in [0.1, 0.15) is 11.1 Å². The first-order chi connectivity index (χ1) is 8.65. The van der Waals surface area contributed by atoms with Gasteiger partial charge in [-0.3, -0.25) is 0 Å². The third-order valence-corrected chi connectivity index (χ3v) is 2.85. The third kappa shape index (κ3) is 3.34. The second-order valence-electron chi connectivity index (χ2n) is 4.23. The number of aromatic nitrogens is 1. The number of benzene rings is 1. The molecule has 0 saturated heterocycles. The molecule has 1 aromatic carbocycles. The lowest BCUT2D eigenvalue weighted by atomic mass is 10.1. The van der Waals surface area contributed by atoms with E-state index in [1.165, 1.54) is 5.69 Å². The Morgan fingerprint density at radius 1 is 0.944 bits per heavy atom. The largest absolute Gasteiger partial charge is 0.378 e. The van der Waals surface area contributed by atoms with E-state index in [4.69, 9.17) is 11.6 Å². The summed E-state index contributed by atoms with van der Waals surface area (Å²) in [4.78, 5) is 6.12. The SMILES string of the molecule is CN(C)c1ccc(/C=C/c2ccc(Cl)nc2)cc1. The maximum absolute atomic E-state index is 5.74. The van der Waals surface area contributed by atoms with Gasteiger partial charge in [0.2, 0.25) is 0 Å². The third-order valence-electron chi connectivity index (χ3n) is 2.63. The Morgan fingerprint density at radius 3 is 2.11 bits per heavy atom. The molecule has 1 heterocycles. The van der Waals surface area contributed by atoms with Crippen molar-refractivity contribution in [1.82, 2.24) is 4.98 Å². The zero-order valence-electron chi connectivity index (χ0n) is 10.5. The summed E-state index contributed by atoms with van der Waals surface area (Å²) in [5, 5.41) is 0.516. The molecule has 92 valence electrons. The predicted octanol–water partition coefficient (Wildman–Crippen LogP) is 3.97. The van der Waals surface area contributed by atoms with E-state index in [0.29, 0.717) is 5.15 Å². The fraction of sp³-hybridized carbons (Fsp3) is 0.133. The molecule has 2 rings (SSSR count). The van der Waals surface area contributed by atoms with Crippen LogP contribution in [0.3, 0.4) is 0 Å². The number of halogens is 1. The molecule has 18 heavy (non-hydrogen) atoms. The Morgan fingerprint density at radius 2 is 1.56 bits per heavy atom. The Kier molecular flexibility index (Phi) is 4.00. The van der Waals surface area contributed by atoms with Crippen LogP contribution >= 0.6 is 11.6 Å². The van der Waals surface area contributed by atoms with E-state index in [1.54, 1.807) is 12.3 Å². The molecule has 3 heteroatoms. The summed E-state index contributed by atoms with van der Waals surface area (Å²) in [5.41, 5.74) is 3.40. The van der Waals surface area contributed by atoms with Crippen molar-refractivity contribution in [1.29, 1.82) is 0 Å². The van der Waals surface area contributed by atoms with Gasteiger partial charge in [-0.25, -0.2) is 4.98 Å². The van der Waals surface area contributed by atoms with Gasteiger partial charge in [-0.15, -0.1) is 0 Å². The average molecular weight is 259 g/mol. The van der Waals surface area contributed by atoms with Crippen LogP contribution in [0, 0.1) is 0 Å². The van der Waals surface area contributed by atoms with Crippen LogP contribution in [0.25, 0.3) is 12.2 Å². The van der Waals surface area contributed by atoms with Crippen LogP contribution in [0.5, 0.6) is 0 Å². The normalized spacial score (nSPS) is 10.8. The van der Waals surface area contributed by atoms with Crippen molar-refractivity contribution in [3.8, 4) is 0 Å². The maximum atomic E-state index is 5.74. The molecular weight excluding hydrogens is 244 g/mol. The summed E-state index contributed by atoms with van der Waals surface area (Å²) in [5.74, 6) is 0. The van der Waals surface area contributed by atoms with E-state index in [-0.39, 0.29) is 0 Å². The number of nitrogens with zero attached hydrogens (tertiary/aromatic N) is 2. The monoisotopic (exact) mass is 258 g/mol. The van der Waals surface area contributed by atoms with Crippen LogP contribution in [0.15, 0.2) is 42.6 Å². The van der Waals surface area contributed by atoms with Crippen molar-refractivity contribution >= 4 is 29.4 Å². The van der Waals surface area contributed by atoms with Crippen molar-refractivity contribution in [2.24, 2.45) is 0 Å². The van der Waals surface area contributed by atoms with Crippen molar-refractivity contribution in [3.05, 3.63) is 58.9 Å². The minimum Gasteiger partial charge on any atom is -0.378 e. The molecule has 0 aliphatic carbocycles. The predicted molar refractivity (Wildman–Crippen MR) is 78.9 cm³/mol. The molecular formula is C15H15ClN2. The first kappa shape index (κ1) is 12.7. The first-order valence-electron chi connectivity index (χ1n) is 5.72. The van der Waals surface area contributed by atoms with Crippen molar-refractivity contribution in [3.63, 3.8) is 0 Å². The van der Waals surface area contributed by atoms with E-state index >= 15 is 0 Å². The molecule has 2 nitrogen and oxygen atoms in total. The first-order valence-corrected chi connectivity index (χ1v) is 6.10. The highest BCUT2D eigenvalue weighted by molar-refractivity contribution is 6.29. The highest BCUT2D eigenvalue weighted by Crippen LogP contribution is 2.14. The lowest BCUT2D eigenvalue weighted by molar-refractivity contribution is 1.13. The van der Waals surface area contributed by atoms with E-state index in [2.05, 4.69) is 40.2 Å². The van der Waals surface area contributed by atoms with Crippen molar-refractivity contribution in [2.45, 2.75) is 0 Å². The van der Waals surface area contributed by atoms with Crippen molar-refractivity contribution in [2.75, 3.05) is 19.0 Å². The van der Waals surface area contributed by atoms with Gasteiger partial charge >= 0.3 is 0 Å². The lowest BCUT2D eigenvalue weighted by Crippen LogP contribution is -2.07. The average Bonchev–Trinajstić information content (AvgIpc) is 2.38. The fourth-order valence-corrected chi connectivity index (χ4v) is 1.67. The summed E-state index contributed by atoms with van der Waals surface area (Å²) in [6.45, 7) is 0. The Balaban J connectivity index is 2.11. The summed E-state index contributed by atoms with van der Waals surface area (Å²) in [6, 6.07) is 12.1. The number of hydrogen-bond donors (Lipinski definition) is 0. The van der Waals surface area contributed by atoms with E-state index in [1.807, 2.05) is 26.2 Å². The lowest BCUT2D eigenvalue weighted by Gasteiger charge is -2.11. The fourth-order valence-electron chi connectivity index (χ4n) is 1.56. The molecule has 0 atom stereocenters. The Labute approximate surface area is 113 Å². The molecule has 2 aromatic rings. The van der Waals surface area contributed by atoms with Gasteiger partial charge in [0.15, 0.2) is 0 Å². The molecule has 0 saturated carbocycles. The van der Waals surface area contributed by atoms with Gasteiger partial charge < -0.3 is 4.90 Å². The molecule has 0 aliphatic rings. The van der Waals surface area contributed by atoms with Crippen LogP contribution in [-0.2, 0) is 0 Å². The number of anilines is 1. The minimum absolute atomic E-state index is 0.516. The Bertz CT molecular complexity index is 527. The van der Waals surface area contributed by atoms with Crippen LogP contribution < -0.4 is 4.90 Å².